The van der Waals surface area contributed by atoms with Crippen LogP contribution in [0.3, 0.4) is 0 Å². The SMILES string of the molecule is Cc1occc1C(=S)Nc1ccc(Cl)c(C=NN2CCOCC2)c1. The van der Waals surface area contributed by atoms with Crippen LogP contribution in [-0.4, -0.2) is 42.5 Å². The number of halogens is 1. The number of furan rings is 1. The second-order valence-corrected chi connectivity index (χ2v) is 6.21. The van der Waals surface area contributed by atoms with Gasteiger partial charge >= 0.3 is 0 Å². The van der Waals surface area contributed by atoms with Crippen molar-refractivity contribution in [3.05, 3.63) is 52.4 Å². The summed E-state index contributed by atoms with van der Waals surface area (Å²) in [6.07, 6.45) is 3.39. The second-order valence-electron chi connectivity index (χ2n) is 5.39. The molecule has 1 aliphatic rings. The zero-order chi connectivity index (χ0) is 16.9. The Morgan fingerprint density at radius 2 is 2.12 bits per heavy atom. The summed E-state index contributed by atoms with van der Waals surface area (Å²) in [7, 11) is 0. The number of ether oxygens (including phenoxy) is 1. The van der Waals surface area contributed by atoms with Crippen LogP contribution in [0.25, 0.3) is 0 Å². The Labute approximate surface area is 151 Å². The molecule has 0 saturated carbocycles. The van der Waals surface area contributed by atoms with E-state index < -0.39 is 0 Å². The maximum absolute atomic E-state index is 6.27. The number of morpholine rings is 1. The fourth-order valence-electron chi connectivity index (χ4n) is 2.35. The Bertz CT molecular complexity index is 754. The summed E-state index contributed by atoms with van der Waals surface area (Å²) in [6, 6.07) is 7.49. The van der Waals surface area contributed by atoms with E-state index in [0.29, 0.717) is 23.2 Å². The van der Waals surface area contributed by atoms with E-state index in [1.54, 1.807) is 12.5 Å². The quantitative estimate of drug-likeness (QED) is 0.663. The van der Waals surface area contributed by atoms with Gasteiger partial charge in [-0.1, -0.05) is 23.8 Å². The molecule has 0 aliphatic carbocycles. The summed E-state index contributed by atoms with van der Waals surface area (Å²) in [5.41, 5.74) is 2.57. The van der Waals surface area contributed by atoms with Crippen molar-refractivity contribution in [2.24, 2.45) is 5.10 Å². The molecule has 7 heteroatoms. The molecule has 2 heterocycles. The molecule has 1 aromatic carbocycles. The standard InChI is InChI=1S/C17H18ClN3O2S/c1-12-15(4-7-23-12)17(24)20-14-2-3-16(18)13(10-14)11-19-21-5-8-22-9-6-21/h2-4,7,10-11H,5-6,8-9H2,1H3,(H,20,24). The normalized spacial score (nSPS) is 15.0. The van der Waals surface area contributed by atoms with Crippen LogP contribution >= 0.6 is 23.8 Å². The summed E-state index contributed by atoms with van der Waals surface area (Å²) in [5.74, 6) is 0.788. The number of benzene rings is 1. The number of nitrogens with zero attached hydrogens (tertiary/aromatic N) is 2. The van der Waals surface area contributed by atoms with Gasteiger partial charge in [0.25, 0.3) is 0 Å². The Kier molecular flexibility index (Phi) is 5.50. The predicted octanol–water partition coefficient (Wildman–Crippen LogP) is 3.70. The van der Waals surface area contributed by atoms with E-state index in [0.717, 1.165) is 35.7 Å². The highest BCUT2D eigenvalue weighted by Crippen LogP contribution is 2.21. The van der Waals surface area contributed by atoms with Gasteiger partial charge in [0.15, 0.2) is 0 Å². The van der Waals surface area contributed by atoms with Gasteiger partial charge < -0.3 is 14.5 Å². The second kappa shape index (κ2) is 7.79. The van der Waals surface area contributed by atoms with Gasteiger partial charge in [-0.15, -0.1) is 0 Å². The molecule has 0 amide bonds. The van der Waals surface area contributed by atoms with Crippen LogP contribution in [0.5, 0.6) is 0 Å². The molecule has 0 radical (unpaired) electrons. The van der Waals surface area contributed by atoms with Crippen LogP contribution in [-0.2, 0) is 4.74 Å². The first-order valence-electron chi connectivity index (χ1n) is 7.65. The maximum Gasteiger partial charge on any atom is 0.114 e. The number of hydrogen-bond acceptors (Lipinski definition) is 5. The van der Waals surface area contributed by atoms with Gasteiger partial charge in [0.2, 0.25) is 0 Å². The predicted molar refractivity (Wildman–Crippen MR) is 100 cm³/mol. The first-order chi connectivity index (χ1) is 11.6. The molecule has 0 bridgehead atoms. The number of thiocarbonyl (C=S) groups is 1. The van der Waals surface area contributed by atoms with Gasteiger partial charge in [-0.05, 0) is 31.2 Å². The zero-order valence-corrected chi connectivity index (χ0v) is 14.9. The maximum atomic E-state index is 6.27. The first kappa shape index (κ1) is 17.0. The molecule has 5 nitrogen and oxygen atoms in total. The highest BCUT2D eigenvalue weighted by atomic mass is 35.5. The number of aryl methyl sites for hydroxylation is 1. The molecular formula is C17H18ClN3O2S. The van der Waals surface area contributed by atoms with Crippen molar-refractivity contribution >= 4 is 40.7 Å². The van der Waals surface area contributed by atoms with Gasteiger partial charge in [0, 0.05) is 16.3 Å². The number of hydrogen-bond donors (Lipinski definition) is 1. The van der Waals surface area contributed by atoms with Crippen LogP contribution < -0.4 is 5.32 Å². The summed E-state index contributed by atoms with van der Waals surface area (Å²) < 4.78 is 10.6. The van der Waals surface area contributed by atoms with Crippen molar-refractivity contribution in [2.75, 3.05) is 31.6 Å². The average Bonchev–Trinajstić information content (AvgIpc) is 3.02. The molecule has 1 saturated heterocycles. The number of anilines is 1. The lowest BCUT2D eigenvalue weighted by atomic mass is 10.2. The summed E-state index contributed by atoms with van der Waals surface area (Å²) in [5, 5.41) is 10.3. The van der Waals surface area contributed by atoms with Gasteiger partial charge in [-0.3, -0.25) is 5.01 Å². The van der Waals surface area contributed by atoms with Gasteiger partial charge in [0.1, 0.15) is 10.7 Å². The minimum Gasteiger partial charge on any atom is -0.469 e. The van der Waals surface area contributed by atoms with Crippen LogP contribution in [0.4, 0.5) is 5.69 Å². The minimum atomic E-state index is 0.611. The lowest BCUT2D eigenvalue weighted by Crippen LogP contribution is -2.32. The molecule has 1 aromatic heterocycles. The molecule has 1 aliphatic heterocycles. The lowest BCUT2D eigenvalue weighted by Gasteiger charge is -2.23. The van der Waals surface area contributed by atoms with E-state index in [9.17, 15) is 0 Å². The topological polar surface area (TPSA) is 50.0 Å². The van der Waals surface area contributed by atoms with E-state index in [2.05, 4.69) is 10.4 Å². The van der Waals surface area contributed by atoms with Crippen LogP contribution in [0.2, 0.25) is 5.02 Å². The molecular weight excluding hydrogens is 346 g/mol. The molecule has 3 rings (SSSR count). The van der Waals surface area contributed by atoms with Crippen molar-refractivity contribution in [1.29, 1.82) is 0 Å². The summed E-state index contributed by atoms with van der Waals surface area (Å²) in [4.78, 5) is 0.611. The third-order valence-electron chi connectivity index (χ3n) is 3.70. The van der Waals surface area contributed by atoms with E-state index in [-0.39, 0.29) is 0 Å². The average molecular weight is 364 g/mol. The largest absolute Gasteiger partial charge is 0.469 e. The molecule has 126 valence electrons. The molecule has 24 heavy (non-hydrogen) atoms. The number of rotatable bonds is 4. The first-order valence-corrected chi connectivity index (χ1v) is 8.44. The van der Waals surface area contributed by atoms with Crippen LogP contribution in [0.15, 0.2) is 40.0 Å². The third-order valence-corrected chi connectivity index (χ3v) is 4.37. The van der Waals surface area contributed by atoms with Crippen LogP contribution in [0.1, 0.15) is 16.9 Å². The molecule has 0 unspecified atom stereocenters. The Morgan fingerprint density at radius 3 is 2.83 bits per heavy atom. The summed E-state index contributed by atoms with van der Waals surface area (Å²) in [6.45, 7) is 4.85. The molecule has 0 spiro atoms. The third kappa shape index (κ3) is 4.14. The number of hydrazone groups is 1. The fraction of sp³-hybridized carbons (Fsp3) is 0.294. The number of nitrogens with one attached hydrogen (secondary N) is 1. The molecule has 2 aromatic rings. The van der Waals surface area contributed by atoms with Gasteiger partial charge in [0.05, 0.1) is 44.3 Å². The van der Waals surface area contributed by atoms with Crippen molar-refractivity contribution in [3.63, 3.8) is 0 Å². The summed E-state index contributed by atoms with van der Waals surface area (Å²) >= 11 is 11.7. The minimum absolute atomic E-state index is 0.611. The monoisotopic (exact) mass is 363 g/mol. The van der Waals surface area contributed by atoms with E-state index in [1.807, 2.05) is 36.2 Å². The van der Waals surface area contributed by atoms with Gasteiger partial charge in [-0.25, -0.2) is 0 Å². The molecule has 0 atom stereocenters. The van der Waals surface area contributed by atoms with E-state index >= 15 is 0 Å². The van der Waals surface area contributed by atoms with Crippen LogP contribution in [0, 0.1) is 6.92 Å². The lowest BCUT2D eigenvalue weighted by molar-refractivity contribution is 0.0397. The Hall–Kier alpha value is -1.89. The fourth-order valence-corrected chi connectivity index (χ4v) is 2.85. The highest BCUT2D eigenvalue weighted by Gasteiger charge is 2.10. The Balaban J connectivity index is 1.72. The molecule has 1 fully saturated rings. The van der Waals surface area contributed by atoms with Crippen molar-refractivity contribution in [3.8, 4) is 0 Å². The Morgan fingerprint density at radius 1 is 1.33 bits per heavy atom. The smallest absolute Gasteiger partial charge is 0.114 e. The van der Waals surface area contributed by atoms with E-state index in [1.165, 1.54) is 0 Å². The van der Waals surface area contributed by atoms with Crippen molar-refractivity contribution in [2.45, 2.75) is 6.92 Å². The highest BCUT2D eigenvalue weighted by molar-refractivity contribution is 7.81. The van der Waals surface area contributed by atoms with Crippen molar-refractivity contribution < 1.29 is 9.15 Å². The van der Waals surface area contributed by atoms with Crippen molar-refractivity contribution in [1.82, 2.24) is 5.01 Å². The molecule has 1 N–H and O–H groups in total. The zero-order valence-electron chi connectivity index (χ0n) is 13.3. The van der Waals surface area contributed by atoms with E-state index in [4.69, 9.17) is 33.0 Å². The van der Waals surface area contributed by atoms with Gasteiger partial charge in [-0.2, -0.15) is 5.10 Å².